The number of rotatable bonds is 7. The number of hydrogen-bond donors (Lipinski definition) is 1. The Morgan fingerprint density at radius 3 is 2.90 bits per heavy atom. The van der Waals surface area contributed by atoms with Crippen molar-refractivity contribution in [2.45, 2.75) is 20.4 Å². The molecule has 1 N–H and O–H groups in total. The van der Waals surface area contributed by atoms with Gasteiger partial charge in [-0.05, 0) is 39.5 Å². The molecule has 0 saturated carbocycles. The molecule has 0 radical (unpaired) electrons. The first-order valence-corrected chi connectivity index (χ1v) is 7.82. The Bertz CT molecular complexity index is 437. The molecule has 1 aromatic carbocycles. The van der Waals surface area contributed by atoms with E-state index in [4.69, 9.17) is 14.2 Å². The summed E-state index contributed by atoms with van der Waals surface area (Å²) in [5, 5.41) is 3.37. The third kappa shape index (κ3) is 4.65. The SMILES string of the molecule is CC(C)COCCNCc1cc(Br)c2c(c1)OCCO2. The highest BCUT2D eigenvalue weighted by molar-refractivity contribution is 9.10. The van der Waals surface area contributed by atoms with Crippen LogP contribution in [0.15, 0.2) is 16.6 Å². The highest BCUT2D eigenvalue weighted by atomic mass is 79.9. The van der Waals surface area contributed by atoms with Crippen molar-refractivity contribution in [2.24, 2.45) is 5.92 Å². The average molecular weight is 344 g/mol. The van der Waals surface area contributed by atoms with Crippen LogP contribution < -0.4 is 14.8 Å². The second-order valence-electron chi connectivity index (χ2n) is 5.25. The van der Waals surface area contributed by atoms with Gasteiger partial charge in [0.15, 0.2) is 11.5 Å². The van der Waals surface area contributed by atoms with Crippen molar-refractivity contribution in [2.75, 3.05) is 33.0 Å². The van der Waals surface area contributed by atoms with Crippen LogP contribution in [0.25, 0.3) is 0 Å². The number of halogens is 1. The number of ether oxygens (including phenoxy) is 3. The minimum absolute atomic E-state index is 0.587. The molecule has 1 heterocycles. The van der Waals surface area contributed by atoms with Gasteiger partial charge in [-0.25, -0.2) is 0 Å². The molecule has 0 aromatic heterocycles. The summed E-state index contributed by atoms with van der Waals surface area (Å²) in [5.74, 6) is 2.21. The van der Waals surface area contributed by atoms with E-state index in [1.54, 1.807) is 0 Å². The zero-order valence-electron chi connectivity index (χ0n) is 12.1. The summed E-state index contributed by atoms with van der Waals surface area (Å²) in [7, 11) is 0. The quantitative estimate of drug-likeness (QED) is 0.772. The number of hydrogen-bond acceptors (Lipinski definition) is 4. The fraction of sp³-hybridized carbons (Fsp3) is 0.600. The molecule has 1 aliphatic heterocycles. The standard InChI is InChI=1S/C15H22BrNO3/c1-11(2)10-18-4-3-17-9-12-7-13(16)15-14(8-12)19-5-6-20-15/h7-8,11,17H,3-6,9-10H2,1-2H3. The highest BCUT2D eigenvalue weighted by Gasteiger charge is 2.15. The molecule has 4 nitrogen and oxygen atoms in total. The van der Waals surface area contributed by atoms with Crippen LogP contribution in [0.5, 0.6) is 11.5 Å². The van der Waals surface area contributed by atoms with Gasteiger partial charge in [0.1, 0.15) is 13.2 Å². The lowest BCUT2D eigenvalue weighted by molar-refractivity contribution is 0.111. The van der Waals surface area contributed by atoms with Crippen LogP contribution in [0, 0.1) is 5.92 Å². The molecule has 0 fully saturated rings. The number of nitrogens with one attached hydrogen (secondary N) is 1. The summed E-state index contributed by atoms with van der Waals surface area (Å²) in [5.41, 5.74) is 1.17. The summed E-state index contributed by atoms with van der Waals surface area (Å²) in [6, 6.07) is 4.09. The molecule has 1 aromatic rings. The summed E-state index contributed by atoms with van der Waals surface area (Å²) < 4.78 is 17.7. The van der Waals surface area contributed by atoms with Crippen molar-refractivity contribution in [1.29, 1.82) is 0 Å². The van der Waals surface area contributed by atoms with E-state index in [9.17, 15) is 0 Å². The Kier molecular flexibility index (Phi) is 6.13. The molecule has 2 rings (SSSR count). The molecular formula is C15H22BrNO3. The second-order valence-corrected chi connectivity index (χ2v) is 6.10. The van der Waals surface area contributed by atoms with E-state index in [2.05, 4.69) is 41.2 Å². The zero-order chi connectivity index (χ0) is 14.4. The Labute approximate surface area is 128 Å². The van der Waals surface area contributed by atoms with Gasteiger partial charge in [-0.1, -0.05) is 13.8 Å². The molecule has 0 spiro atoms. The van der Waals surface area contributed by atoms with Gasteiger partial charge in [-0.2, -0.15) is 0 Å². The molecule has 1 aliphatic rings. The van der Waals surface area contributed by atoms with Crippen LogP contribution >= 0.6 is 15.9 Å². The maximum atomic E-state index is 5.61. The third-order valence-electron chi connectivity index (χ3n) is 2.86. The minimum Gasteiger partial charge on any atom is -0.486 e. The lowest BCUT2D eigenvalue weighted by Crippen LogP contribution is -2.21. The van der Waals surface area contributed by atoms with E-state index in [0.29, 0.717) is 19.1 Å². The third-order valence-corrected chi connectivity index (χ3v) is 3.45. The first kappa shape index (κ1) is 15.6. The molecular weight excluding hydrogens is 322 g/mol. The van der Waals surface area contributed by atoms with Gasteiger partial charge in [0.05, 0.1) is 11.1 Å². The van der Waals surface area contributed by atoms with E-state index in [-0.39, 0.29) is 0 Å². The summed E-state index contributed by atoms with van der Waals surface area (Å²) in [6.45, 7) is 8.72. The summed E-state index contributed by atoms with van der Waals surface area (Å²) >= 11 is 3.53. The molecule has 0 amide bonds. The van der Waals surface area contributed by atoms with Gasteiger partial charge in [-0.3, -0.25) is 0 Å². The minimum atomic E-state index is 0.587. The predicted octanol–water partition coefficient (Wildman–Crippen LogP) is 2.98. The molecule has 112 valence electrons. The van der Waals surface area contributed by atoms with Crippen molar-refractivity contribution in [1.82, 2.24) is 5.32 Å². The summed E-state index contributed by atoms with van der Waals surface area (Å²) in [4.78, 5) is 0. The predicted molar refractivity (Wildman–Crippen MR) is 82.5 cm³/mol. The van der Waals surface area contributed by atoms with Crippen molar-refractivity contribution in [3.8, 4) is 11.5 Å². The maximum absolute atomic E-state index is 5.61. The molecule has 5 heteroatoms. The molecule has 20 heavy (non-hydrogen) atoms. The van der Waals surface area contributed by atoms with Crippen LogP contribution in [0.4, 0.5) is 0 Å². The van der Waals surface area contributed by atoms with Crippen molar-refractivity contribution < 1.29 is 14.2 Å². The molecule has 0 bridgehead atoms. The van der Waals surface area contributed by atoms with Crippen molar-refractivity contribution in [3.05, 3.63) is 22.2 Å². The number of benzene rings is 1. The smallest absolute Gasteiger partial charge is 0.175 e. The zero-order valence-corrected chi connectivity index (χ0v) is 13.7. The monoisotopic (exact) mass is 343 g/mol. The Hall–Kier alpha value is -0.780. The van der Waals surface area contributed by atoms with Crippen molar-refractivity contribution >= 4 is 15.9 Å². The highest BCUT2D eigenvalue weighted by Crippen LogP contribution is 2.38. The van der Waals surface area contributed by atoms with Gasteiger partial charge in [-0.15, -0.1) is 0 Å². The molecule has 0 saturated heterocycles. The van der Waals surface area contributed by atoms with Gasteiger partial charge >= 0.3 is 0 Å². The molecule has 0 unspecified atom stereocenters. The van der Waals surface area contributed by atoms with Crippen LogP contribution in [0.1, 0.15) is 19.4 Å². The normalized spacial score (nSPS) is 13.8. The fourth-order valence-corrected chi connectivity index (χ4v) is 2.57. The van der Waals surface area contributed by atoms with Gasteiger partial charge < -0.3 is 19.5 Å². The molecule has 0 atom stereocenters. The van der Waals surface area contributed by atoms with E-state index in [1.165, 1.54) is 5.56 Å². The maximum Gasteiger partial charge on any atom is 0.175 e. The van der Waals surface area contributed by atoms with Crippen molar-refractivity contribution in [3.63, 3.8) is 0 Å². The summed E-state index contributed by atoms with van der Waals surface area (Å²) in [6.07, 6.45) is 0. The van der Waals surface area contributed by atoms with E-state index < -0.39 is 0 Å². The number of fused-ring (bicyclic) bond motifs is 1. The van der Waals surface area contributed by atoms with E-state index in [0.717, 1.165) is 42.3 Å². The van der Waals surface area contributed by atoms with Gasteiger partial charge in [0.2, 0.25) is 0 Å². The lowest BCUT2D eigenvalue weighted by Gasteiger charge is -2.20. The Morgan fingerprint density at radius 2 is 2.10 bits per heavy atom. The first-order valence-electron chi connectivity index (χ1n) is 7.03. The second kappa shape index (κ2) is 7.86. The lowest BCUT2D eigenvalue weighted by atomic mass is 10.2. The Balaban J connectivity index is 1.77. The van der Waals surface area contributed by atoms with Crippen LogP contribution in [0.3, 0.4) is 0 Å². The first-order chi connectivity index (χ1) is 9.66. The topological polar surface area (TPSA) is 39.7 Å². The Morgan fingerprint density at radius 1 is 1.30 bits per heavy atom. The van der Waals surface area contributed by atoms with Crippen LogP contribution in [0.2, 0.25) is 0 Å². The van der Waals surface area contributed by atoms with Gasteiger partial charge in [0.25, 0.3) is 0 Å². The van der Waals surface area contributed by atoms with Crippen LogP contribution in [-0.2, 0) is 11.3 Å². The molecule has 0 aliphatic carbocycles. The fourth-order valence-electron chi connectivity index (χ4n) is 1.96. The largest absolute Gasteiger partial charge is 0.486 e. The van der Waals surface area contributed by atoms with E-state index >= 15 is 0 Å². The van der Waals surface area contributed by atoms with E-state index in [1.807, 2.05) is 6.07 Å². The van der Waals surface area contributed by atoms with Gasteiger partial charge in [0, 0.05) is 19.7 Å². The van der Waals surface area contributed by atoms with Crippen LogP contribution in [-0.4, -0.2) is 33.0 Å². The average Bonchev–Trinajstić information content (AvgIpc) is 2.42.